The Hall–Kier alpha value is -0.860. The molecule has 0 aromatic heterocycles. The number of ether oxygens (including phenoxy) is 1. The van der Waals surface area contributed by atoms with Gasteiger partial charge in [-0.3, -0.25) is 0 Å². The molecular formula is C11H16O2. The first-order valence-corrected chi connectivity index (χ1v) is 4.63. The highest BCUT2D eigenvalue weighted by atomic mass is 16.6. The zero-order chi connectivity index (χ0) is 9.52. The summed E-state index contributed by atoms with van der Waals surface area (Å²) in [5, 5.41) is 8.44. The molecule has 1 aromatic carbocycles. The highest BCUT2D eigenvalue weighted by molar-refractivity contribution is 5.21. The van der Waals surface area contributed by atoms with E-state index < -0.39 is 0 Å². The second kappa shape index (κ2) is 5.73. The summed E-state index contributed by atoms with van der Waals surface area (Å²) >= 11 is 0. The largest absolute Gasteiger partial charge is 0.371 e. The van der Waals surface area contributed by atoms with E-state index in [2.05, 4.69) is 19.1 Å². The zero-order valence-electron chi connectivity index (χ0n) is 7.99. The number of aliphatic hydroxyl groups is 1. The van der Waals surface area contributed by atoms with Crippen molar-refractivity contribution in [2.24, 2.45) is 0 Å². The molecule has 0 aliphatic heterocycles. The van der Waals surface area contributed by atoms with Crippen molar-refractivity contribution in [2.75, 3.05) is 6.79 Å². The normalized spacial score (nSPS) is 10.3. The molecule has 0 saturated carbocycles. The van der Waals surface area contributed by atoms with Gasteiger partial charge in [0.1, 0.15) is 6.79 Å². The van der Waals surface area contributed by atoms with E-state index in [1.54, 1.807) is 0 Å². The van der Waals surface area contributed by atoms with Gasteiger partial charge in [-0.25, -0.2) is 0 Å². The van der Waals surface area contributed by atoms with Gasteiger partial charge in [0, 0.05) is 0 Å². The van der Waals surface area contributed by atoms with Crippen LogP contribution in [-0.4, -0.2) is 11.9 Å². The molecule has 0 spiro atoms. The van der Waals surface area contributed by atoms with Crippen LogP contribution >= 0.6 is 0 Å². The maximum atomic E-state index is 8.44. The molecule has 72 valence electrons. The van der Waals surface area contributed by atoms with Crippen molar-refractivity contribution in [1.82, 2.24) is 0 Å². The molecular weight excluding hydrogens is 164 g/mol. The van der Waals surface area contributed by atoms with Crippen LogP contribution in [0.3, 0.4) is 0 Å². The lowest BCUT2D eigenvalue weighted by atomic mass is 10.1. The minimum Gasteiger partial charge on any atom is -0.371 e. The molecule has 0 heterocycles. The molecule has 2 heteroatoms. The summed E-state index contributed by atoms with van der Waals surface area (Å²) in [6, 6.07) is 8.31. The zero-order valence-corrected chi connectivity index (χ0v) is 7.99. The molecule has 1 rings (SSSR count). The average molecular weight is 180 g/mol. The molecule has 1 aromatic rings. The Morgan fingerprint density at radius 3 is 2.31 bits per heavy atom. The van der Waals surface area contributed by atoms with Gasteiger partial charge in [0.25, 0.3) is 0 Å². The van der Waals surface area contributed by atoms with E-state index in [-0.39, 0.29) is 6.79 Å². The van der Waals surface area contributed by atoms with Crippen molar-refractivity contribution in [1.29, 1.82) is 0 Å². The van der Waals surface area contributed by atoms with Gasteiger partial charge in [-0.1, -0.05) is 37.6 Å². The summed E-state index contributed by atoms with van der Waals surface area (Å²) in [6.07, 6.45) is 2.30. The second-order valence-corrected chi connectivity index (χ2v) is 3.04. The van der Waals surface area contributed by atoms with Crippen molar-refractivity contribution >= 4 is 0 Å². The van der Waals surface area contributed by atoms with Crippen LogP contribution in [0.5, 0.6) is 0 Å². The number of rotatable bonds is 5. The summed E-state index contributed by atoms with van der Waals surface area (Å²) in [4.78, 5) is 0. The fraction of sp³-hybridized carbons (Fsp3) is 0.455. The Bertz CT molecular complexity index is 228. The molecule has 0 aliphatic carbocycles. The Labute approximate surface area is 79.2 Å². The van der Waals surface area contributed by atoms with Crippen LogP contribution in [0.15, 0.2) is 24.3 Å². The van der Waals surface area contributed by atoms with Crippen LogP contribution in [0.25, 0.3) is 0 Å². The summed E-state index contributed by atoms with van der Waals surface area (Å²) in [6.45, 7) is 2.45. The molecule has 13 heavy (non-hydrogen) atoms. The van der Waals surface area contributed by atoms with Crippen molar-refractivity contribution in [2.45, 2.75) is 26.4 Å². The third kappa shape index (κ3) is 3.57. The number of hydrogen-bond donors (Lipinski definition) is 1. The van der Waals surface area contributed by atoms with Gasteiger partial charge in [0.05, 0.1) is 6.61 Å². The standard InChI is InChI=1S/C11H16O2/c1-2-3-10-4-6-11(7-5-10)8-13-9-12/h4-7,12H,2-3,8-9H2,1H3. The summed E-state index contributed by atoms with van der Waals surface area (Å²) in [7, 11) is 0. The third-order valence-electron chi connectivity index (χ3n) is 1.92. The summed E-state index contributed by atoms with van der Waals surface area (Å²) < 4.78 is 4.87. The highest BCUT2D eigenvalue weighted by Gasteiger charge is 1.93. The van der Waals surface area contributed by atoms with E-state index in [9.17, 15) is 0 Å². The van der Waals surface area contributed by atoms with Crippen LogP contribution in [0.1, 0.15) is 24.5 Å². The van der Waals surface area contributed by atoms with Crippen LogP contribution in [0.2, 0.25) is 0 Å². The maximum absolute atomic E-state index is 8.44. The van der Waals surface area contributed by atoms with E-state index in [1.165, 1.54) is 12.0 Å². The Kier molecular flexibility index (Phi) is 4.50. The quantitative estimate of drug-likeness (QED) is 0.703. The fourth-order valence-corrected chi connectivity index (χ4v) is 1.25. The molecule has 2 nitrogen and oxygen atoms in total. The van der Waals surface area contributed by atoms with E-state index in [0.717, 1.165) is 12.0 Å². The van der Waals surface area contributed by atoms with Gasteiger partial charge in [0.15, 0.2) is 0 Å². The minimum absolute atomic E-state index is 0.212. The van der Waals surface area contributed by atoms with E-state index in [4.69, 9.17) is 9.84 Å². The van der Waals surface area contributed by atoms with Crippen molar-refractivity contribution < 1.29 is 9.84 Å². The Balaban J connectivity index is 2.48. The van der Waals surface area contributed by atoms with Gasteiger partial charge in [-0.05, 0) is 17.5 Å². The van der Waals surface area contributed by atoms with Crippen LogP contribution in [-0.2, 0) is 17.8 Å². The average Bonchev–Trinajstić information content (AvgIpc) is 2.17. The lowest BCUT2D eigenvalue weighted by molar-refractivity contribution is -0.0112. The minimum atomic E-state index is -0.212. The van der Waals surface area contributed by atoms with Crippen LogP contribution < -0.4 is 0 Å². The molecule has 0 radical (unpaired) electrons. The Morgan fingerprint density at radius 2 is 1.77 bits per heavy atom. The predicted molar refractivity (Wildman–Crippen MR) is 52.3 cm³/mol. The van der Waals surface area contributed by atoms with Gasteiger partial charge < -0.3 is 9.84 Å². The Morgan fingerprint density at radius 1 is 1.15 bits per heavy atom. The van der Waals surface area contributed by atoms with Gasteiger partial charge in [0.2, 0.25) is 0 Å². The van der Waals surface area contributed by atoms with Crippen molar-refractivity contribution in [3.8, 4) is 0 Å². The van der Waals surface area contributed by atoms with Gasteiger partial charge in [-0.2, -0.15) is 0 Å². The number of aliphatic hydroxyl groups excluding tert-OH is 1. The third-order valence-corrected chi connectivity index (χ3v) is 1.92. The van der Waals surface area contributed by atoms with Crippen LogP contribution in [0, 0.1) is 0 Å². The number of hydrogen-bond acceptors (Lipinski definition) is 2. The number of benzene rings is 1. The molecule has 0 aliphatic rings. The lowest BCUT2D eigenvalue weighted by Crippen LogP contribution is -1.94. The first-order valence-electron chi connectivity index (χ1n) is 4.63. The molecule has 0 atom stereocenters. The SMILES string of the molecule is CCCc1ccc(COCO)cc1. The first kappa shape index (κ1) is 10.2. The lowest BCUT2D eigenvalue weighted by Gasteiger charge is -2.02. The number of aryl methyl sites for hydroxylation is 1. The molecule has 0 unspecified atom stereocenters. The smallest absolute Gasteiger partial charge is 0.144 e. The van der Waals surface area contributed by atoms with Gasteiger partial charge >= 0.3 is 0 Å². The van der Waals surface area contributed by atoms with Gasteiger partial charge in [-0.15, -0.1) is 0 Å². The van der Waals surface area contributed by atoms with E-state index >= 15 is 0 Å². The predicted octanol–water partition coefficient (Wildman–Crippen LogP) is 2.11. The first-order chi connectivity index (χ1) is 6.36. The highest BCUT2D eigenvalue weighted by Crippen LogP contribution is 2.07. The molecule has 0 saturated heterocycles. The maximum Gasteiger partial charge on any atom is 0.144 e. The monoisotopic (exact) mass is 180 g/mol. The van der Waals surface area contributed by atoms with Crippen LogP contribution in [0.4, 0.5) is 0 Å². The van der Waals surface area contributed by atoms with Crippen molar-refractivity contribution in [3.05, 3.63) is 35.4 Å². The summed E-state index contributed by atoms with van der Waals surface area (Å²) in [5.74, 6) is 0. The topological polar surface area (TPSA) is 29.5 Å². The fourth-order valence-electron chi connectivity index (χ4n) is 1.25. The molecule has 1 N–H and O–H groups in total. The van der Waals surface area contributed by atoms with Crippen molar-refractivity contribution in [3.63, 3.8) is 0 Å². The van der Waals surface area contributed by atoms with E-state index in [0.29, 0.717) is 6.61 Å². The molecule has 0 amide bonds. The summed E-state index contributed by atoms with van der Waals surface area (Å²) in [5.41, 5.74) is 2.46. The molecule has 0 fully saturated rings. The second-order valence-electron chi connectivity index (χ2n) is 3.04. The molecule has 0 bridgehead atoms. The van der Waals surface area contributed by atoms with E-state index in [1.807, 2.05) is 12.1 Å².